The van der Waals surface area contributed by atoms with Gasteiger partial charge in [-0.05, 0) is 46.5 Å². The van der Waals surface area contributed by atoms with Gasteiger partial charge in [0.1, 0.15) is 5.60 Å². The first kappa shape index (κ1) is 14.3. The minimum Gasteiger partial charge on any atom is -0.444 e. The van der Waals surface area contributed by atoms with Crippen molar-refractivity contribution in [3.63, 3.8) is 0 Å². The second-order valence-electron chi connectivity index (χ2n) is 5.97. The van der Waals surface area contributed by atoms with Crippen molar-refractivity contribution in [2.75, 3.05) is 0 Å². The van der Waals surface area contributed by atoms with Gasteiger partial charge in [0.25, 0.3) is 0 Å². The Labute approximate surface area is 104 Å². The second kappa shape index (κ2) is 6.24. The summed E-state index contributed by atoms with van der Waals surface area (Å²) >= 11 is 0. The number of carbonyl (C=O) groups excluding carboxylic acids is 1. The highest BCUT2D eigenvalue weighted by molar-refractivity contribution is 5.68. The Bertz CT molecular complexity index is 248. The zero-order valence-electron chi connectivity index (χ0n) is 11.3. The van der Waals surface area contributed by atoms with Gasteiger partial charge in [0.2, 0.25) is 0 Å². The molecule has 0 aromatic carbocycles. The molecule has 0 aliphatic heterocycles. The Balaban J connectivity index is 2.36. The Kier molecular flexibility index (Phi) is 5.25. The van der Waals surface area contributed by atoms with E-state index in [1.165, 1.54) is 0 Å². The third-order valence-corrected chi connectivity index (χ3v) is 2.98. The van der Waals surface area contributed by atoms with Crippen LogP contribution in [0.4, 0.5) is 4.79 Å². The highest BCUT2D eigenvalue weighted by Crippen LogP contribution is 2.17. The summed E-state index contributed by atoms with van der Waals surface area (Å²) in [5.41, 5.74) is 5.53. The minimum absolute atomic E-state index is 0.219. The van der Waals surface area contributed by atoms with Gasteiger partial charge >= 0.3 is 6.09 Å². The summed E-state index contributed by atoms with van der Waals surface area (Å²) in [4.78, 5) is 11.6. The number of nitrogens with two attached hydrogens (primary N) is 1. The van der Waals surface area contributed by atoms with Gasteiger partial charge < -0.3 is 15.8 Å². The van der Waals surface area contributed by atoms with Crippen LogP contribution in [0, 0.1) is 0 Å². The van der Waals surface area contributed by atoms with Gasteiger partial charge in [-0.3, -0.25) is 0 Å². The van der Waals surface area contributed by atoms with Crippen LogP contribution in [-0.2, 0) is 4.74 Å². The van der Waals surface area contributed by atoms with Crippen molar-refractivity contribution in [3.8, 4) is 0 Å². The van der Waals surface area contributed by atoms with E-state index in [-0.39, 0.29) is 12.1 Å². The van der Waals surface area contributed by atoms with Gasteiger partial charge in [0, 0.05) is 12.1 Å². The molecule has 2 atom stereocenters. The van der Waals surface area contributed by atoms with E-state index in [9.17, 15) is 4.79 Å². The predicted octanol–water partition coefficient (Wildman–Crippen LogP) is 2.56. The number of carbonyl (C=O) groups is 1. The lowest BCUT2D eigenvalue weighted by molar-refractivity contribution is 0.0495. The number of amides is 1. The summed E-state index contributed by atoms with van der Waals surface area (Å²) in [6.07, 6.45) is 6.07. The molecule has 0 radical (unpaired) electrons. The molecule has 0 saturated heterocycles. The maximum Gasteiger partial charge on any atom is 0.407 e. The van der Waals surface area contributed by atoms with Crippen LogP contribution >= 0.6 is 0 Å². The molecule has 2 unspecified atom stereocenters. The third kappa shape index (κ3) is 6.51. The van der Waals surface area contributed by atoms with Gasteiger partial charge in [-0.2, -0.15) is 0 Å². The first-order valence-corrected chi connectivity index (χ1v) is 6.62. The highest BCUT2D eigenvalue weighted by Gasteiger charge is 2.20. The largest absolute Gasteiger partial charge is 0.444 e. The number of rotatable bonds is 1. The zero-order chi connectivity index (χ0) is 12.9. The van der Waals surface area contributed by atoms with Crippen LogP contribution in [0.15, 0.2) is 0 Å². The number of nitrogens with one attached hydrogen (secondary N) is 1. The monoisotopic (exact) mass is 242 g/mol. The van der Waals surface area contributed by atoms with E-state index >= 15 is 0 Å². The SMILES string of the molecule is CC(C)(C)OC(=O)NC1CCCCC(N)CC1. The van der Waals surface area contributed by atoms with E-state index in [0.29, 0.717) is 6.04 Å². The van der Waals surface area contributed by atoms with E-state index in [4.69, 9.17) is 10.5 Å². The summed E-state index contributed by atoms with van der Waals surface area (Å²) in [5, 5.41) is 2.95. The average molecular weight is 242 g/mol. The Morgan fingerprint density at radius 2 is 1.82 bits per heavy atom. The van der Waals surface area contributed by atoms with Crippen molar-refractivity contribution in [3.05, 3.63) is 0 Å². The molecule has 3 N–H and O–H groups in total. The van der Waals surface area contributed by atoms with Crippen molar-refractivity contribution < 1.29 is 9.53 Å². The van der Waals surface area contributed by atoms with Gasteiger partial charge in [-0.15, -0.1) is 0 Å². The lowest BCUT2D eigenvalue weighted by Crippen LogP contribution is -2.40. The molecule has 1 fully saturated rings. The Morgan fingerprint density at radius 3 is 2.47 bits per heavy atom. The number of hydrogen-bond donors (Lipinski definition) is 2. The second-order valence-corrected chi connectivity index (χ2v) is 5.97. The standard InChI is InChI=1S/C13H26N2O2/c1-13(2,3)17-12(16)15-11-7-5-4-6-10(14)8-9-11/h10-11H,4-9,14H2,1-3H3,(H,15,16). The molecule has 0 spiro atoms. The van der Waals surface area contributed by atoms with E-state index < -0.39 is 5.60 Å². The van der Waals surface area contributed by atoms with E-state index in [2.05, 4.69) is 5.32 Å². The first-order valence-electron chi connectivity index (χ1n) is 6.62. The molecule has 1 aliphatic rings. The van der Waals surface area contributed by atoms with Crippen molar-refractivity contribution in [1.82, 2.24) is 5.32 Å². The van der Waals surface area contributed by atoms with E-state index in [1.807, 2.05) is 20.8 Å². The Morgan fingerprint density at radius 1 is 1.18 bits per heavy atom. The van der Waals surface area contributed by atoms with Crippen LogP contribution < -0.4 is 11.1 Å². The van der Waals surface area contributed by atoms with Crippen LogP contribution in [0.2, 0.25) is 0 Å². The minimum atomic E-state index is -0.428. The maximum atomic E-state index is 11.6. The lowest BCUT2D eigenvalue weighted by atomic mass is 9.94. The summed E-state index contributed by atoms with van der Waals surface area (Å²) in [5.74, 6) is 0. The summed E-state index contributed by atoms with van der Waals surface area (Å²) in [7, 11) is 0. The number of alkyl carbamates (subject to hydrolysis) is 1. The smallest absolute Gasteiger partial charge is 0.407 e. The maximum absolute atomic E-state index is 11.6. The molecule has 0 heterocycles. The molecule has 100 valence electrons. The fourth-order valence-corrected chi connectivity index (χ4v) is 2.12. The van der Waals surface area contributed by atoms with Crippen LogP contribution in [0.5, 0.6) is 0 Å². The van der Waals surface area contributed by atoms with Crippen LogP contribution in [0.1, 0.15) is 59.3 Å². The van der Waals surface area contributed by atoms with E-state index in [1.54, 1.807) is 0 Å². The quantitative estimate of drug-likeness (QED) is 0.742. The van der Waals surface area contributed by atoms with Crippen molar-refractivity contribution in [2.45, 2.75) is 77.0 Å². The number of ether oxygens (including phenoxy) is 1. The van der Waals surface area contributed by atoms with Gasteiger partial charge in [-0.1, -0.05) is 12.8 Å². The Hall–Kier alpha value is -0.770. The molecule has 4 heteroatoms. The average Bonchev–Trinajstić information content (AvgIpc) is 2.14. The molecule has 0 aromatic heterocycles. The molecular weight excluding hydrogens is 216 g/mol. The normalized spacial score (nSPS) is 26.8. The van der Waals surface area contributed by atoms with E-state index in [0.717, 1.165) is 38.5 Å². The van der Waals surface area contributed by atoms with Crippen molar-refractivity contribution in [1.29, 1.82) is 0 Å². The topological polar surface area (TPSA) is 64.3 Å². The van der Waals surface area contributed by atoms with Gasteiger partial charge in [-0.25, -0.2) is 4.79 Å². The number of hydrogen-bond acceptors (Lipinski definition) is 3. The molecule has 1 saturated carbocycles. The van der Waals surface area contributed by atoms with Crippen molar-refractivity contribution >= 4 is 6.09 Å². The molecular formula is C13H26N2O2. The lowest BCUT2D eigenvalue weighted by Gasteiger charge is -2.26. The molecule has 1 amide bonds. The van der Waals surface area contributed by atoms with Crippen LogP contribution in [0.25, 0.3) is 0 Å². The summed E-state index contributed by atoms with van der Waals surface area (Å²) in [6.45, 7) is 5.63. The highest BCUT2D eigenvalue weighted by atomic mass is 16.6. The van der Waals surface area contributed by atoms with Crippen molar-refractivity contribution in [2.24, 2.45) is 5.73 Å². The molecule has 4 nitrogen and oxygen atoms in total. The zero-order valence-corrected chi connectivity index (χ0v) is 11.3. The predicted molar refractivity (Wildman–Crippen MR) is 68.8 cm³/mol. The van der Waals surface area contributed by atoms with Crippen LogP contribution in [-0.4, -0.2) is 23.8 Å². The van der Waals surface area contributed by atoms with Crippen LogP contribution in [0.3, 0.4) is 0 Å². The van der Waals surface area contributed by atoms with Gasteiger partial charge in [0.05, 0.1) is 0 Å². The molecule has 0 aromatic rings. The molecule has 0 bridgehead atoms. The first-order chi connectivity index (χ1) is 7.87. The van der Waals surface area contributed by atoms with Gasteiger partial charge in [0.15, 0.2) is 0 Å². The summed E-state index contributed by atoms with van der Waals surface area (Å²) in [6, 6.07) is 0.509. The fraction of sp³-hybridized carbons (Fsp3) is 0.923. The fourth-order valence-electron chi connectivity index (χ4n) is 2.12. The molecule has 1 rings (SSSR count). The molecule has 1 aliphatic carbocycles. The molecule has 17 heavy (non-hydrogen) atoms. The third-order valence-electron chi connectivity index (χ3n) is 2.98. The summed E-state index contributed by atoms with van der Waals surface area (Å²) < 4.78 is 5.26.